The van der Waals surface area contributed by atoms with Gasteiger partial charge < -0.3 is 5.32 Å². The summed E-state index contributed by atoms with van der Waals surface area (Å²) in [4.78, 5) is 4.55. The van der Waals surface area contributed by atoms with Crippen molar-refractivity contribution in [2.45, 2.75) is 39.4 Å². The van der Waals surface area contributed by atoms with Crippen LogP contribution in [0, 0.1) is 18.2 Å². The highest BCUT2D eigenvalue weighted by molar-refractivity contribution is 9.10. The Morgan fingerprint density at radius 3 is 2.80 bits per heavy atom. The second-order valence-electron chi connectivity index (χ2n) is 6.36. The van der Waals surface area contributed by atoms with Crippen LogP contribution in [-0.4, -0.2) is 17.0 Å². The number of aryl methyl sites for hydroxylation is 1. The lowest BCUT2D eigenvalue weighted by atomic mass is 9.90. The molecule has 1 atom stereocenters. The molecule has 0 saturated heterocycles. The number of anilines is 1. The minimum Gasteiger partial charge on any atom is -0.335 e. The maximum atomic E-state index is 13.4. The van der Waals surface area contributed by atoms with Crippen LogP contribution in [-0.2, 0) is 0 Å². The molecule has 0 radical (unpaired) electrons. The molecule has 1 aromatic rings. The summed E-state index contributed by atoms with van der Waals surface area (Å²) >= 11 is 5.00. The number of nitrogens with one attached hydrogen (secondary N) is 1. The highest BCUT2D eigenvalue weighted by atomic mass is 79.9. The molecule has 1 aliphatic rings. The van der Waals surface area contributed by atoms with Crippen LogP contribution in [0.3, 0.4) is 0 Å². The first-order valence-corrected chi connectivity index (χ1v) is 8.36. The lowest BCUT2D eigenvalue weighted by Gasteiger charge is -2.21. The summed E-state index contributed by atoms with van der Waals surface area (Å²) in [5, 5.41) is 4.77. The van der Waals surface area contributed by atoms with Crippen molar-refractivity contribution in [1.29, 1.82) is 0 Å². The first-order chi connectivity index (χ1) is 9.24. The Kier molecular flexibility index (Phi) is 4.80. The minimum atomic E-state index is -0.236. The summed E-state index contributed by atoms with van der Waals surface area (Å²) in [6, 6.07) is 3.30. The van der Waals surface area contributed by atoms with Gasteiger partial charge in [-0.1, -0.05) is 32.5 Å². The zero-order valence-corrected chi connectivity index (χ0v) is 14.7. The highest BCUT2D eigenvalue weighted by Crippen LogP contribution is 2.33. The Labute approximate surface area is 132 Å². The first-order valence-electron chi connectivity index (χ1n) is 6.68. The average molecular weight is 359 g/mol. The van der Waals surface area contributed by atoms with Gasteiger partial charge in [-0.05, 0) is 52.4 Å². The molecular weight excluding hydrogens is 339 g/mol. The van der Waals surface area contributed by atoms with Crippen molar-refractivity contribution >= 4 is 38.5 Å². The molecule has 0 bridgehead atoms. The summed E-state index contributed by atoms with van der Waals surface area (Å²) in [5.41, 5.74) is 2.10. The smallest absolute Gasteiger partial charge is 0.161 e. The molecule has 0 aromatic heterocycles. The Morgan fingerprint density at radius 1 is 1.45 bits per heavy atom. The van der Waals surface area contributed by atoms with Crippen molar-refractivity contribution in [3.63, 3.8) is 0 Å². The number of amidine groups is 1. The molecule has 1 unspecified atom stereocenters. The molecule has 1 aliphatic heterocycles. The summed E-state index contributed by atoms with van der Waals surface area (Å²) in [7, 11) is 0. The van der Waals surface area contributed by atoms with Crippen LogP contribution in [0.15, 0.2) is 21.6 Å². The maximum absolute atomic E-state index is 13.4. The summed E-state index contributed by atoms with van der Waals surface area (Å²) in [6.45, 7) is 9.50. The van der Waals surface area contributed by atoms with Crippen molar-refractivity contribution in [2.24, 2.45) is 10.4 Å². The van der Waals surface area contributed by atoms with Gasteiger partial charge in [0.05, 0.1) is 11.0 Å². The topological polar surface area (TPSA) is 24.4 Å². The predicted octanol–water partition coefficient (Wildman–Crippen LogP) is 5.22. The zero-order chi connectivity index (χ0) is 14.9. The van der Waals surface area contributed by atoms with E-state index in [1.54, 1.807) is 17.8 Å². The van der Waals surface area contributed by atoms with Crippen molar-refractivity contribution in [2.75, 3.05) is 11.9 Å². The molecule has 2 nitrogen and oxygen atoms in total. The predicted molar refractivity (Wildman–Crippen MR) is 90.2 cm³/mol. The van der Waals surface area contributed by atoms with E-state index in [0.717, 1.165) is 29.4 Å². The molecule has 0 amide bonds. The SMILES string of the molecule is Cc1cc(F)c(Br)cc1NC1=NCC(CC(C)(C)C)S1. The van der Waals surface area contributed by atoms with E-state index in [1.807, 2.05) is 6.92 Å². The van der Waals surface area contributed by atoms with Crippen LogP contribution in [0.5, 0.6) is 0 Å². The van der Waals surface area contributed by atoms with Gasteiger partial charge in [0.1, 0.15) is 5.82 Å². The zero-order valence-electron chi connectivity index (χ0n) is 12.3. The third-order valence-electron chi connectivity index (χ3n) is 3.07. The monoisotopic (exact) mass is 358 g/mol. The van der Waals surface area contributed by atoms with Crippen LogP contribution in [0.1, 0.15) is 32.8 Å². The van der Waals surface area contributed by atoms with E-state index in [9.17, 15) is 4.39 Å². The van der Waals surface area contributed by atoms with Crippen LogP contribution in [0.4, 0.5) is 10.1 Å². The fourth-order valence-electron chi connectivity index (χ4n) is 2.17. The van der Waals surface area contributed by atoms with Gasteiger partial charge in [-0.15, -0.1) is 0 Å². The fraction of sp³-hybridized carbons (Fsp3) is 0.533. The van der Waals surface area contributed by atoms with E-state index in [1.165, 1.54) is 6.07 Å². The Morgan fingerprint density at radius 2 is 2.15 bits per heavy atom. The number of rotatable bonds is 2. The van der Waals surface area contributed by atoms with E-state index in [0.29, 0.717) is 15.1 Å². The Hall–Kier alpha value is -0.550. The molecule has 0 spiro atoms. The molecule has 0 aliphatic carbocycles. The second kappa shape index (κ2) is 6.06. The van der Waals surface area contributed by atoms with Gasteiger partial charge in [-0.3, -0.25) is 4.99 Å². The third-order valence-corrected chi connectivity index (χ3v) is 4.78. The molecule has 20 heavy (non-hydrogen) atoms. The quantitative estimate of drug-likeness (QED) is 0.783. The van der Waals surface area contributed by atoms with Crippen LogP contribution in [0.2, 0.25) is 0 Å². The minimum absolute atomic E-state index is 0.236. The van der Waals surface area contributed by atoms with Gasteiger partial charge in [0.2, 0.25) is 0 Å². The molecule has 0 saturated carbocycles. The molecule has 2 rings (SSSR count). The van der Waals surface area contributed by atoms with Gasteiger partial charge in [0.15, 0.2) is 5.17 Å². The third kappa shape index (κ3) is 4.22. The molecule has 110 valence electrons. The Bertz CT molecular complexity index is 537. The number of hydrogen-bond donors (Lipinski definition) is 1. The maximum Gasteiger partial charge on any atom is 0.161 e. The second-order valence-corrected chi connectivity index (χ2v) is 8.50. The van der Waals surface area contributed by atoms with Crippen LogP contribution < -0.4 is 5.32 Å². The number of benzene rings is 1. The highest BCUT2D eigenvalue weighted by Gasteiger charge is 2.25. The number of aliphatic imine (C=N–C) groups is 1. The molecular formula is C15H20BrFN2S. The molecule has 0 fully saturated rings. The molecule has 5 heteroatoms. The lowest BCUT2D eigenvalue weighted by Crippen LogP contribution is -2.16. The van der Waals surface area contributed by atoms with Gasteiger partial charge >= 0.3 is 0 Å². The summed E-state index contributed by atoms with van der Waals surface area (Å²) in [5.74, 6) is -0.236. The van der Waals surface area contributed by atoms with E-state index in [2.05, 4.69) is 47.0 Å². The van der Waals surface area contributed by atoms with E-state index >= 15 is 0 Å². The van der Waals surface area contributed by atoms with Crippen molar-refractivity contribution < 1.29 is 4.39 Å². The van der Waals surface area contributed by atoms with E-state index < -0.39 is 0 Å². The first kappa shape index (κ1) is 15.8. The van der Waals surface area contributed by atoms with Gasteiger partial charge in [0.25, 0.3) is 0 Å². The van der Waals surface area contributed by atoms with Gasteiger partial charge in [-0.25, -0.2) is 4.39 Å². The average Bonchev–Trinajstić information content (AvgIpc) is 2.71. The fourth-order valence-corrected chi connectivity index (χ4v) is 3.88. The summed E-state index contributed by atoms with van der Waals surface area (Å²) < 4.78 is 13.9. The number of hydrogen-bond acceptors (Lipinski definition) is 3. The van der Waals surface area contributed by atoms with Crippen LogP contribution in [0.25, 0.3) is 0 Å². The number of nitrogens with zero attached hydrogens (tertiary/aromatic N) is 1. The van der Waals surface area contributed by atoms with Gasteiger partial charge in [-0.2, -0.15) is 0 Å². The number of thioether (sulfide) groups is 1. The lowest BCUT2D eigenvalue weighted by molar-refractivity contribution is 0.375. The van der Waals surface area contributed by atoms with Crippen molar-refractivity contribution in [1.82, 2.24) is 0 Å². The standard InChI is InChI=1S/C15H20BrFN2S/c1-9-5-12(17)11(16)6-13(9)19-14-18-8-10(20-14)7-15(2,3)4/h5-6,10H,7-8H2,1-4H3,(H,18,19). The summed E-state index contributed by atoms with van der Waals surface area (Å²) in [6.07, 6.45) is 1.14. The van der Waals surface area contributed by atoms with Crippen LogP contribution >= 0.6 is 27.7 Å². The van der Waals surface area contributed by atoms with E-state index in [4.69, 9.17) is 0 Å². The Balaban J connectivity index is 2.01. The molecule has 1 N–H and O–H groups in total. The largest absolute Gasteiger partial charge is 0.335 e. The number of halogens is 2. The molecule has 1 heterocycles. The normalized spacial score (nSPS) is 19.1. The van der Waals surface area contributed by atoms with Gasteiger partial charge in [0, 0.05) is 10.9 Å². The molecule has 1 aromatic carbocycles. The van der Waals surface area contributed by atoms with Crippen molar-refractivity contribution in [3.05, 3.63) is 28.0 Å². The van der Waals surface area contributed by atoms with Crippen molar-refractivity contribution in [3.8, 4) is 0 Å². The van der Waals surface area contributed by atoms with E-state index in [-0.39, 0.29) is 5.82 Å².